The third kappa shape index (κ3) is 3.11. The number of fused-ring (bicyclic) bond motifs is 1. The number of nitrogens with one attached hydrogen (secondary N) is 1. The van der Waals surface area contributed by atoms with Crippen molar-refractivity contribution in [3.8, 4) is 0 Å². The smallest absolute Gasteiger partial charge is 0.335 e. The summed E-state index contributed by atoms with van der Waals surface area (Å²) >= 11 is 0. The predicted molar refractivity (Wildman–Crippen MR) is 83.9 cm³/mol. The van der Waals surface area contributed by atoms with Crippen LogP contribution in [0.4, 0.5) is 5.69 Å². The van der Waals surface area contributed by atoms with Crippen molar-refractivity contribution in [2.45, 2.75) is 39.0 Å². The zero-order chi connectivity index (χ0) is 16.4. The molecule has 0 fully saturated rings. The maximum absolute atomic E-state index is 12.4. The number of carboxylic acid groups (broad SMARTS) is 1. The van der Waals surface area contributed by atoms with Crippen molar-refractivity contribution in [2.24, 2.45) is 0 Å². The Morgan fingerprint density at radius 1 is 1.22 bits per heavy atom. The molecule has 1 aromatic heterocycles. The molecule has 0 unspecified atom stereocenters. The Kier molecular flexibility index (Phi) is 4.14. The van der Waals surface area contributed by atoms with Gasteiger partial charge >= 0.3 is 5.97 Å². The highest BCUT2D eigenvalue weighted by molar-refractivity contribution is 6.04. The van der Waals surface area contributed by atoms with Crippen molar-refractivity contribution in [3.63, 3.8) is 0 Å². The van der Waals surface area contributed by atoms with Crippen LogP contribution in [-0.4, -0.2) is 22.1 Å². The molecule has 2 N–H and O–H groups in total. The molecule has 23 heavy (non-hydrogen) atoms. The van der Waals surface area contributed by atoms with Crippen LogP contribution >= 0.6 is 0 Å². The fraction of sp³-hybridized carbons (Fsp3) is 0.353. The van der Waals surface area contributed by atoms with Gasteiger partial charge in [-0.15, -0.1) is 0 Å². The van der Waals surface area contributed by atoms with Gasteiger partial charge in [-0.3, -0.25) is 4.79 Å². The van der Waals surface area contributed by atoms with E-state index in [9.17, 15) is 9.59 Å². The number of carbonyl (C=O) groups is 2. The van der Waals surface area contributed by atoms with Gasteiger partial charge in [-0.2, -0.15) is 0 Å². The van der Waals surface area contributed by atoms with E-state index in [0.29, 0.717) is 16.9 Å². The van der Waals surface area contributed by atoms with E-state index in [1.165, 1.54) is 6.07 Å². The van der Waals surface area contributed by atoms with Crippen LogP contribution < -0.4 is 5.32 Å². The molecule has 1 amide bonds. The molecule has 120 valence electrons. The first-order valence-electron chi connectivity index (χ1n) is 7.69. The summed E-state index contributed by atoms with van der Waals surface area (Å²) in [6, 6.07) is 4.70. The standard InChI is InChI=1S/C17H18N2O4/c1-10-9-11(7-8-12(10)17(21)22)18-16(20)15-13-5-3-2-4-6-14(13)23-19-15/h7-9H,2-6H2,1H3,(H,18,20)(H,21,22). The Morgan fingerprint density at radius 2 is 2.00 bits per heavy atom. The Hall–Kier alpha value is -2.63. The van der Waals surface area contributed by atoms with Crippen LogP contribution in [0.2, 0.25) is 0 Å². The Bertz CT molecular complexity index is 764. The maximum Gasteiger partial charge on any atom is 0.335 e. The number of aromatic nitrogens is 1. The molecule has 1 aliphatic carbocycles. The molecule has 6 heteroatoms. The monoisotopic (exact) mass is 314 g/mol. The fourth-order valence-corrected chi connectivity index (χ4v) is 2.91. The van der Waals surface area contributed by atoms with Crippen molar-refractivity contribution in [3.05, 3.63) is 46.3 Å². The highest BCUT2D eigenvalue weighted by atomic mass is 16.5. The third-order valence-corrected chi connectivity index (χ3v) is 4.13. The molecule has 0 saturated heterocycles. The minimum atomic E-state index is -0.984. The van der Waals surface area contributed by atoms with Gasteiger partial charge in [-0.05, 0) is 49.9 Å². The highest BCUT2D eigenvalue weighted by Gasteiger charge is 2.23. The topological polar surface area (TPSA) is 92.4 Å². The lowest BCUT2D eigenvalue weighted by Crippen LogP contribution is -2.15. The number of aromatic carboxylic acids is 1. The van der Waals surface area contributed by atoms with E-state index in [0.717, 1.165) is 43.4 Å². The average molecular weight is 314 g/mol. The molecule has 0 bridgehead atoms. The van der Waals surface area contributed by atoms with E-state index in [1.807, 2.05) is 0 Å². The van der Waals surface area contributed by atoms with Gasteiger partial charge in [0.15, 0.2) is 5.69 Å². The SMILES string of the molecule is Cc1cc(NC(=O)c2noc3c2CCCCC3)ccc1C(=O)O. The van der Waals surface area contributed by atoms with Gasteiger partial charge in [0.25, 0.3) is 5.91 Å². The number of benzene rings is 1. The lowest BCUT2D eigenvalue weighted by molar-refractivity contribution is 0.0696. The lowest BCUT2D eigenvalue weighted by Gasteiger charge is -2.07. The van der Waals surface area contributed by atoms with E-state index in [4.69, 9.17) is 9.63 Å². The number of hydrogen-bond acceptors (Lipinski definition) is 4. The number of nitrogens with zero attached hydrogens (tertiary/aromatic N) is 1. The molecular weight excluding hydrogens is 296 g/mol. The first-order valence-corrected chi connectivity index (χ1v) is 7.69. The second kappa shape index (κ2) is 6.24. The van der Waals surface area contributed by atoms with Crippen LogP contribution in [0.1, 0.15) is 57.0 Å². The zero-order valence-corrected chi connectivity index (χ0v) is 12.9. The molecule has 0 aliphatic heterocycles. The quantitative estimate of drug-likeness (QED) is 0.849. The van der Waals surface area contributed by atoms with Crippen molar-refractivity contribution in [2.75, 3.05) is 5.32 Å². The molecular formula is C17H18N2O4. The van der Waals surface area contributed by atoms with Crippen LogP contribution in [0.3, 0.4) is 0 Å². The molecule has 1 aromatic carbocycles. The minimum Gasteiger partial charge on any atom is -0.478 e. The van der Waals surface area contributed by atoms with Gasteiger partial charge in [0.05, 0.1) is 5.56 Å². The fourth-order valence-electron chi connectivity index (χ4n) is 2.91. The van der Waals surface area contributed by atoms with Crippen molar-refractivity contribution in [1.29, 1.82) is 0 Å². The Balaban J connectivity index is 1.81. The summed E-state index contributed by atoms with van der Waals surface area (Å²) in [5, 5.41) is 15.7. The summed E-state index contributed by atoms with van der Waals surface area (Å²) in [4.78, 5) is 23.5. The van der Waals surface area contributed by atoms with Crippen LogP contribution in [0, 0.1) is 6.92 Å². The molecule has 1 heterocycles. The lowest BCUT2D eigenvalue weighted by atomic mass is 10.1. The van der Waals surface area contributed by atoms with Gasteiger partial charge in [-0.1, -0.05) is 11.6 Å². The summed E-state index contributed by atoms with van der Waals surface area (Å²) in [6.45, 7) is 1.70. The largest absolute Gasteiger partial charge is 0.478 e. The van der Waals surface area contributed by atoms with Crippen LogP contribution in [0.5, 0.6) is 0 Å². The summed E-state index contributed by atoms with van der Waals surface area (Å²) in [7, 11) is 0. The van der Waals surface area contributed by atoms with Gasteiger partial charge < -0.3 is 14.9 Å². The number of amides is 1. The van der Waals surface area contributed by atoms with Gasteiger partial charge in [0, 0.05) is 17.7 Å². The number of anilines is 1. The number of hydrogen-bond donors (Lipinski definition) is 2. The zero-order valence-electron chi connectivity index (χ0n) is 12.9. The van der Waals surface area contributed by atoms with Crippen LogP contribution in [-0.2, 0) is 12.8 Å². The van der Waals surface area contributed by atoms with E-state index >= 15 is 0 Å². The van der Waals surface area contributed by atoms with Gasteiger partial charge in [0.1, 0.15) is 5.76 Å². The van der Waals surface area contributed by atoms with E-state index in [-0.39, 0.29) is 11.5 Å². The van der Waals surface area contributed by atoms with Crippen molar-refractivity contribution < 1.29 is 19.2 Å². The molecule has 1 aliphatic rings. The molecule has 0 atom stereocenters. The first kappa shape index (κ1) is 15.3. The molecule has 2 aromatic rings. The van der Waals surface area contributed by atoms with Gasteiger partial charge in [-0.25, -0.2) is 4.79 Å². The summed E-state index contributed by atoms with van der Waals surface area (Å²) in [6.07, 6.45) is 4.84. The number of aryl methyl sites for hydroxylation is 2. The molecule has 0 spiro atoms. The average Bonchev–Trinajstić information content (AvgIpc) is 2.76. The van der Waals surface area contributed by atoms with E-state index in [2.05, 4.69) is 10.5 Å². The highest BCUT2D eigenvalue weighted by Crippen LogP contribution is 2.24. The number of rotatable bonds is 3. The van der Waals surface area contributed by atoms with Crippen LogP contribution in [0.25, 0.3) is 0 Å². The molecule has 3 rings (SSSR count). The Morgan fingerprint density at radius 3 is 2.74 bits per heavy atom. The predicted octanol–water partition coefficient (Wildman–Crippen LogP) is 3.20. The number of carbonyl (C=O) groups excluding carboxylic acids is 1. The molecule has 0 radical (unpaired) electrons. The summed E-state index contributed by atoms with van der Waals surface area (Å²) in [5.41, 5.74) is 2.59. The summed E-state index contributed by atoms with van der Waals surface area (Å²) in [5.74, 6) is -0.494. The van der Waals surface area contributed by atoms with Crippen molar-refractivity contribution >= 4 is 17.6 Å². The van der Waals surface area contributed by atoms with Gasteiger partial charge in [0.2, 0.25) is 0 Å². The summed E-state index contributed by atoms with van der Waals surface area (Å²) < 4.78 is 5.31. The van der Waals surface area contributed by atoms with E-state index < -0.39 is 5.97 Å². The third-order valence-electron chi connectivity index (χ3n) is 4.13. The molecule has 6 nitrogen and oxygen atoms in total. The second-order valence-corrected chi connectivity index (χ2v) is 5.78. The molecule has 0 saturated carbocycles. The number of carboxylic acids is 1. The second-order valence-electron chi connectivity index (χ2n) is 5.78. The normalized spacial score (nSPS) is 14.0. The minimum absolute atomic E-state index is 0.221. The van der Waals surface area contributed by atoms with Crippen molar-refractivity contribution in [1.82, 2.24) is 5.16 Å². The first-order chi connectivity index (χ1) is 11.1. The maximum atomic E-state index is 12.4. The Labute approximate surface area is 133 Å². The van der Waals surface area contributed by atoms with E-state index in [1.54, 1.807) is 19.1 Å². The van der Waals surface area contributed by atoms with Crippen LogP contribution in [0.15, 0.2) is 22.7 Å².